The minimum absolute atomic E-state index is 0. The van der Waals surface area contributed by atoms with Crippen molar-refractivity contribution in [3.05, 3.63) is 29.8 Å². The molecule has 18 heavy (non-hydrogen) atoms. The molecule has 6 heteroatoms. The highest BCUT2D eigenvalue weighted by atomic mass is 35.5. The van der Waals surface area contributed by atoms with Gasteiger partial charge < -0.3 is 15.6 Å². The number of aliphatic hydroxyl groups excluding tert-OH is 1. The van der Waals surface area contributed by atoms with E-state index in [1.54, 1.807) is 32.0 Å². The Morgan fingerprint density at radius 3 is 2.28 bits per heavy atom. The number of rotatable bonds is 5. The summed E-state index contributed by atoms with van der Waals surface area (Å²) in [7, 11) is 0. The molecule has 1 aromatic carbocycles. The predicted octanol–water partition coefficient (Wildman–Crippen LogP) is 2.73. The van der Waals surface area contributed by atoms with Gasteiger partial charge >= 0.3 is 6.61 Å². The molecule has 0 fully saturated rings. The molecule has 0 aliphatic heterocycles. The first-order valence-electron chi connectivity index (χ1n) is 5.41. The molecule has 0 spiro atoms. The molecule has 3 N–H and O–H groups in total. The Hall–Kier alpha value is -0.910. The molecule has 0 saturated heterocycles. The fourth-order valence-corrected chi connectivity index (χ4v) is 1.56. The van der Waals surface area contributed by atoms with Gasteiger partial charge in [0.05, 0.1) is 12.1 Å². The SMILES string of the molecule is CC(C)[C@H](O)[C@H](N)c1ccccc1OC(F)F.Cl. The second-order valence-corrected chi connectivity index (χ2v) is 4.18. The summed E-state index contributed by atoms with van der Waals surface area (Å²) in [6.45, 7) is 0.710. The Bertz CT molecular complexity index is 364. The fourth-order valence-electron chi connectivity index (χ4n) is 1.56. The standard InChI is InChI=1S/C12H17F2NO2.ClH/c1-7(2)11(16)10(15)8-5-3-4-6-9(8)17-12(13)14;/h3-7,10-12,16H,15H2,1-2H3;1H/t10-,11+;/m1./s1. The average molecular weight is 282 g/mol. The Kier molecular flexibility index (Phi) is 7.13. The molecule has 0 bridgehead atoms. The van der Waals surface area contributed by atoms with E-state index in [4.69, 9.17) is 5.73 Å². The molecular weight excluding hydrogens is 264 g/mol. The first-order chi connectivity index (χ1) is 7.93. The Labute approximate surface area is 111 Å². The van der Waals surface area contributed by atoms with Crippen LogP contribution in [0.3, 0.4) is 0 Å². The first kappa shape index (κ1) is 17.1. The minimum Gasteiger partial charge on any atom is -0.434 e. The zero-order valence-corrected chi connectivity index (χ0v) is 11.0. The Balaban J connectivity index is 0.00000289. The summed E-state index contributed by atoms with van der Waals surface area (Å²) >= 11 is 0. The highest BCUT2D eigenvalue weighted by Gasteiger charge is 2.23. The van der Waals surface area contributed by atoms with Crippen molar-refractivity contribution in [3.63, 3.8) is 0 Å². The van der Waals surface area contributed by atoms with Crippen LogP contribution in [0.1, 0.15) is 25.5 Å². The van der Waals surface area contributed by atoms with Crippen LogP contribution in [0.25, 0.3) is 0 Å². The van der Waals surface area contributed by atoms with Gasteiger partial charge in [0.15, 0.2) is 0 Å². The van der Waals surface area contributed by atoms with Crippen LogP contribution >= 0.6 is 12.4 Å². The molecule has 0 radical (unpaired) electrons. The van der Waals surface area contributed by atoms with Gasteiger partial charge in [-0.05, 0) is 12.0 Å². The molecule has 0 aliphatic carbocycles. The van der Waals surface area contributed by atoms with Gasteiger partial charge in [0.25, 0.3) is 0 Å². The van der Waals surface area contributed by atoms with Crippen molar-refractivity contribution in [1.82, 2.24) is 0 Å². The van der Waals surface area contributed by atoms with Crippen molar-refractivity contribution < 1.29 is 18.6 Å². The number of para-hydroxylation sites is 1. The second kappa shape index (κ2) is 7.51. The molecular formula is C12H18ClF2NO2. The van der Waals surface area contributed by atoms with E-state index in [0.717, 1.165) is 0 Å². The van der Waals surface area contributed by atoms with E-state index in [1.165, 1.54) is 6.07 Å². The van der Waals surface area contributed by atoms with Crippen molar-refractivity contribution in [2.24, 2.45) is 11.7 Å². The average Bonchev–Trinajstić information content (AvgIpc) is 2.27. The van der Waals surface area contributed by atoms with Crippen molar-refractivity contribution in [3.8, 4) is 5.75 Å². The van der Waals surface area contributed by atoms with Crippen LogP contribution < -0.4 is 10.5 Å². The van der Waals surface area contributed by atoms with E-state index in [1.807, 2.05) is 0 Å². The van der Waals surface area contributed by atoms with Gasteiger partial charge in [-0.2, -0.15) is 8.78 Å². The number of halogens is 3. The smallest absolute Gasteiger partial charge is 0.387 e. The highest BCUT2D eigenvalue weighted by Crippen LogP contribution is 2.29. The van der Waals surface area contributed by atoms with E-state index >= 15 is 0 Å². The molecule has 0 unspecified atom stereocenters. The topological polar surface area (TPSA) is 55.5 Å². The van der Waals surface area contributed by atoms with Crippen LogP contribution in [-0.4, -0.2) is 17.8 Å². The third kappa shape index (κ3) is 4.40. The van der Waals surface area contributed by atoms with Crippen LogP contribution in [0.5, 0.6) is 5.75 Å². The lowest BCUT2D eigenvalue weighted by molar-refractivity contribution is -0.0512. The number of hydrogen-bond acceptors (Lipinski definition) is 3. The molecule has 0 amide bonds. The molecule has 3 nitrogen and oxygen atoms in total. The summed E-state index contributed by atoms with van der Waals surface area (Å²) in [6, 6.07) is 5.49. The maximum atomic E-state index is 12.2. The summed E-state index contributed by atoms with van der Waals surface area (Å²) in [5.41, 5.74) is 6.22. The summed E-state index contributed by atoms with van der Waals surface area (Å²) in [5.74, 6) is -0.0562. The number of benzene rings is 1. The molecule has 2 atom stereocenters. The lowest BCUT2D eigenvalue weighted by Gasteiger charge is -2.24. The number of alkyl halides is 2. The van der Waals surface area contributed by atoms with Gasteiger partial charge in [-0.25, -0.2) is 0 Å². The molecule has 0 saturated carbocycles. The monoisotopic (exact) mass is 281 g/mol. The van der Waals surface area contributed by atoms with Crippen molar-refractivity contribution >= 4 is 12.4 Å². The maximum absolute atomic E-state index is 12.2. The quantitative estimate of drug-likeness (QED) is 0.872. The zero-order valence-electron chi connectivity index (χ0n) is 10.2. The van der Waals surface area contributed by atoms with E-state index in [0.29, 0.717) is 5.56 Å². The number of aliphatic hydroxyl groups is 1. The largest absolute Gasteiger partial charge is 0.434 e. The van der Waals surface area contributed by atoms with Crippen molar-refractivity contribution in [1.29, 1.82) is 0 Å². The van der Waals surface area contributed by atoms with E-state index < -0.39 is 18.8 Å². The zero-order chi connectivity index (χ0) is 13.0. The summed E-state index contributed by atoms with van der Waals surface area (Å²) in [6.07, 6.45) is -0.808. The van der Waals surface area contributed by atoms with Gasteiger partial charge in [-0.3, -0.25) is 0 Å². The van der Waals surface area contributed by atoms with Gasteiger partial charge in [0.1, 0.15) is 5.75 Å². The van der Waals surface area contributed by atoms with E-state index in [2.05, 4.69) is 4.74 Å². The molecule has 104 valence electrons. The normalized spacial score (nSPS) is 14.2. The number of ether oxygens (including phenoxy) is 1. The fraction of sp³-hybridized carbons (Fsp3) is 0.500. The van der Waals surface area contributed by atoms with Crippen LogP contribution in [0.4, 0.5) is 8.78 Å². The lowest BCUT2D eigenvalue weighted by atomic mass is 9.94. The van der Waals surface area contributed by atoms with Gasteiger partial charge in [0.2, 0.25) is 0 Å². The number of hydrogen-bond donors (Lipinski definition) is 2. The van der Waals surface area contributed by atoms with Gasteiger partial charge in [-0.15, -0.1) is 12.4 Å². The summed E-state index contributed by atoms with van der Waals surface area (Å²) in [4.78, 5) is 0. The molecule has 0 aliphatic rings. The maximum Gasteiger partial charge on any atom is 0.387 e. The lowest BCUT2D eigenvalue weighted by Crippen LogP contribution is -2.31. The van der Waals surface area contributed by atoms with Crippen LogP contribution in [0.15, 0.2) is 24.3 Å². The molecule has 1 aromatic rings. The first-order valence-corrected chi connectivity index (χ1v) is 5.41. The minimum atomic E-state index is -2.90. The molecule has 0 aromatic heterocycles. The molecule has 1 rings (SSSR count). The van der Waals surface area contributed by atoms with Crippen molar-refractivity contribution in [2.75, 3.05) is 0 Å². The number of nitrogens with two attached hydrogens (primary N) is 1. The van der Waals surface area contributed by atoms with E-state index in [9.17, 15) is 13.9 Å². The Morgan fingerprint density at radius 1 is 1.22 bits per heavy atom. The Morgan fingerprint density at radius 2 is 1.78 bits per heavy atom. The van der Waals surface area contributed by atoms with Gasteiger partial charge in [0, 0.05) is 5.56 Å². The van der Waals surface area contributed by atoms with Gasteiger partial charge in [-0.1, -0.05) is 32.0 Å². The highest BCUT2D eigenvalue weighted by molar-refractivity contribution is 5.85. The summed E-state index contributed by atoms with van der Waals surface area (Å²) < 4.78 is 28.8. The third-order valence-corrected chi connectivity index (χ3v) is 2.55. The summed E-state index contributed by atoms with van der Waals surface area (Å²) in [5, 5.41) is 9.84. The third-order valence-electron chi connectivity index (χ3n) is 2.55. The van der Waals surface area contributed by atoms with Crippen LogP contribution in [-0.2, 0) is 0 Å². The second-order valence-electron chi connectivity index (χ2n) is 4.18. The van der Waals surface area contributed by atoms with Crippen LogP contribution in [0.2, 0.25) is 0 Å². The van der Waals surface area contributed by atoms with E-state index in [-0.39, 0.29) is 24.1 Å². The van der Waals surface area contributed by atoms with Crippen LogP contribution in [0, 0.1) is 5.92 Å². The molecule has 0 heterocycles. The predicted molar refractivity (Wildman–Crippen MR) is 68.1 cm³/mol. The van der Waals surface area contributed by atoms with Crippen molar-refractivity contribution in [2.45, 2.75) is 32.6 Å².